The Bertz CT molecular complexity index is 189. The molecule has 0 aromatic rings. The molecular formula is C11H20N2. The summed E-state index contributed by atoms with van der Waals surface area (Å²) in [4.78, 5) is 2.65. The number of nitrogens with zero attached hydrogens (tertiary/aromatic N) is 1. The highest BCUT2D eigenvalue weighted by Gasteiger charge is 2.36. The van der Waals surface area contributed by atoms with Crippen molar-refractivity contribution in [1.29, 1.82) is 0 Å². The minimum atomic E-state index is 0.763. The van der Waals surface area contributed by atoms with Crippen LogP contribution in [0.1, 0.15) is 26.2 Å². The molecule has 2 saturated heterocycles. The van der Waals surface area contributed by atoms with Crippen molar-refractivity contribution in [1.82, 2.24) is 10.2 Å². The summed E-state index contributed by atoms with van der Waals surface area (Å²) in [6.45, 7) is 5.79. The first-order chi connectivity index (χ1) is 6.42. The second kappa shape index (κ2) is 4.25. The minimum Gasteiger partial charge on any atom is -0.309 e. The van der Waals surface area contributed by atoms with Crippen molar-refractivity contribution < 1.29 is 0 Å². The molecule has 2 unspecified atom stereocenters. The van der Waals surface area contributed by atoms with Gasteiger partial charge in [0, 0.05) is 25.2 Å². The van der Waals surface area contributed by atoms with Gasteiger partial charge in [-0.1, -0.05) is 12.2 Å². The number of allylic oxidation sites excluding steroid dienone is 1. The van der Waals surface area contributed by atoms with Crippen LogP contribution in [0.3, 0.4) is 0 Å². The molecule has 0 aromatic carbocycles. The molecule has 1 N–H and O–H groups in total. The number of fused-ring (bicyclic) bond motifs is 1. The lowest BCUT2D eigenvalue weighted by molar-refractivity contribution is 0.302. The lowest BCUT2D eigenvalue weighted by atomic mass is 10.1. The van der Waals surface area contributed by atoms with Gasteiger partial charge in [0.15, 0.2) is 0 Å². The number of hydrogen-bond donors (Lipinski definition) is 1. The average molecular weight is 180 g/mol. The molecule has 2 rings (SSSR count). The minimum absolute atomic E-state index is 0.763. The highest BCUT2D eigenvalue weighted by Crippen LogP contribution is 2.27. The van der Waals surface area contributed by atoms with Crippen molar-refractivity contribution in [3.63, 3.8) is 0 Å². The van der Waals surface area contributed by atoms with Crippen molar-refractivity contribution in [2.45, 2.75) is 38.3 Å². The van der Waals surface area contributed by atoms with Crippen LogP contribution in [0.4, 0.5) is 0 Å². The Labute approximate surface area is 81.0 Å². The molecule has 2 fully saturated rings. The Balaban J connectivity index is 1.80. The van der Waals surface area contributed by atoms with Gasteiger partial charge in [0.25, 0.3) is 0 Å². The van der Waals surface area contributed by atoms with Gasteiger partial charge in [0.1, 0.15) is 0 Å². The Kier molecular flexibility index (Phi) is 3.01. The van der Waals surface area contributed by atoms with Crippen molar-refractivity contribution in [2.24, 2.45) is 0 Å². The number of rotatable bonds is 3. The molecule has 0 aliphatic carbocycles. The van der Waals surface area contributed by atoms with E-state index in [1.54, 1.807) is 0 Å². The Morgan fingerprint density at radius 3 is 3.15 bits per heavy atom. The van der Waals surface area contributed by atoms with E-state index >= 15 is 0 Å². The third-order valence-electron chi connectivity index (χ3n) is 3.34. The fraction of sp³-hybridized carbons (Fsp3) is 0.818. The largest absolute Gasteiger partial charge is 0.309 e. The van der Waals surface area contributed by atoms with Gasteiger partial charge in [0.05, 0.1) is 0 Å². The summed E-state index contributed by atoms with van der Waals surface area (Å²) in [5.41, 5.74) is 0. The molecule has 2 atom stereocenters. The van der Waals surface area contributed by atoms with E-state index in [-0.39, 0.29) is 0 Å². The molecule has 0 amide bonds. The van der Waals surface area contributed by atoms with Crippen molar-refractivity contribution in [3.05, 3.63) is 12.2 Å². The molecule has 74 valence electrons. The Morgan fingerprint density at radius 2 is 2.31 bits per heavy atom. The summed E-state index contributed by atoms with van der Waals surface area (Å²) in [5.74, 6) is 0. The molecule has 2 aliphatic heterocycles. The molecule has 2 heteroatoms. The summed E-state index contributed by atoms with van der Waals surface area (Å²) < 4.78 is 0. The summed E-state index contributed by atoms with van der Waals surface area (Å²) >= 11 is 0. The molecule has 0 radical (unpaired) electrons. The zero-order chi connectivity index (χ0) is 9.10. The highest BCUT2D eigenvalue weighted by molar-refractivity contribution is 4.96. The molecule has 0 aromatic heterocycles. The first-order valence-electron chi connectivity index (χ1n) is 5.50. The van der Waals surface area contributed by atoms with E-state index in [2.05, 4.69) is 29.3 Å². The average Bonchev–Trinajstić information content (AvgIpc) is 2.68. The summed E-state index contributed by atoms with van der Waals surface area (Å²) in [7, 11) is 0. The second-order valence-corrected chi connectivity index (χ2v) is 4.12. The fourth-order valence-electron chi connectivity index (χ4n) is 2.66. The van der Waals surface area contributed by atoms with E-state index in [1.165, 1.54) is 32.4 Å². The summed E-state index contributed by atoms with van der Waals surface area (Å²) in [5, 5.41) is 3.63. The predicted octanol–water partition coefficient (Wildman–Crippen LogP) is 1.39. The molecule has 13 heavy (non-hydrogen) atoms. The molecular weight excluding hydrogens is 160 g/mol. The van der Waals surface area contributed by atoms with Crippen LogP contribution in [0.15, 0.2) is 12.2 Å². The number of hydrogen-bond acceptors (Lipinski definition) is 2. The molecule has 0 saturated carbocycles. The van der Waals surface area contributed by atoms with E-state index < -0.39 is 0 Å². The van der Waals surface area contributed by atoms with Crippen molar-refractivity contribution >= 4 is 0 Å². The van der Waals surface area contributed by atoms with E-state index in [1.807, 2.05) is 0 Å². The van der Waals surface area contributed by atoms with Crippen LogP contribution in [0, 0.1) is 0 Å². The zero-order valence-corrected chi connectivity index (χ0v) is 8.50. The van der Waals surface area contributed by atoms with Crippen LogP contribution < -0.4 is 5.32 Å². The SMILES string of the molecule is C/C=C/CNC1CCN2CCCC12. The molecule has 2 heterocycles. The molecule has 2 nitrogen and oxygen atoms in total. The maximum absolute atomic E-state index is 3.63. The van der Waals surface area contributed by atoms with Gasteiger partial charge < -0.3 is 5.32 Å². The smallest absolute Gasteiger partial charge is 0.0250 e. The van der Waals surface area contributed by atoms with Gasteiger partial charge in [-0.3, -0.25) is 4.90 Å². The highest BCUT2D eigenvalue weighted by atomic mass is 15.2. The molecule has 2 aliphatic rings. The molecule has 0 bridgehead atoms. The maximum atomic E-state index is 3.63. The van der Waals surface area contributed by atoms with E-state index in [9.17, 15) is 0 Å². The maximum Gasteiger partial charge on any atom is 0.0250 e. The summed E-state index contributed by atoms with van der Waals surface area (Å²) in [6.07, 6.45) is 8.49. The van der Waals surface area contributed by atoms with Crippen LogP contribution >= 0.6 is 0 Å². The third kappa shape index (κ3) is 1.94. The first kappa shape index (κ1) is 9.22. The van der Waals surface area contributed by atoms with Gasteiger partial charge >= 0.3 is 0 Å². The van der Waals surface area contributed by atoms with Crippen molar-refractivity contribution in [2.75, 3.05) is 19.6 Å². The van der Waals surface area contributed by atoms with Crippen LogP contribution in [0.5, 0.6) is 0 Å². The fourth-order valence-corrected chi connectivity index (χ4v) is 2.66. The second-order valence-electron chi connectivity index (χ2n) is 4.12. The van der Waals surface area contributed by atoms with Gasteiger partial charge in [-0.25, -0.2) is 0 Å². The Hall–Kier alpha value is -0.340. The predicted molar refractivity (Wildman–Crippen MR) is 55.8 cm³/mol. The van der Waals surface area contributed by atoms with Crippen LogP contribution in [-0.4, -0.2) is 36.6 Å². The van der Waals surface area contributed by atoms with Gasteiger partial charge in [0.2, 0.25) is 0 Å². The lowest BCUT2D eigenvalue weighted by Gasteiger charge is -2.20. The van der Waals surface area contributed by atoms with Crippen LogP contribution in [-0.2, 0) is 0 Å². The van der Waals surface area contributed by atoms with Gasteiger partial charge in [-0.05, 0) is 32.7 Å². The lowest BCUT2D eigenvalue weighted by Crippen LogP contribution is -2.39. The molecule has 0 spiro atoms. The number of nitrogens with one attached hydrogen (secondary N) is 1. The first-order valence-corrected chi connectivity index (χ1v) is 5.50. The van der Waals surface area contributed by atoms with E-state index in [0.29, 0.717) is 0 Å². The quantitative estimate of drug-likeness (QED) is 0.660. The summed E-state index contributed by atoms with van der Waals surface area (Å²) in [6, 6.07) is 1.61. The standard InChI is InChI=1S/C11H20N2/c1-2-3-7-12-10-6-9-13-8-4-5-11(10)13/h2-3,10-12H,4-9H2,1H3/b3-2+. The van der Waals surface area contributed by atoms with Crippen molar-refractivity contribution in [3.8, 4) is 0 Å². The van der Waals surface area contributed by atoms with E-state index in [4.69, 9.17) is 0 Å². The van der Waals surface area contributed by atoms with E-state index in [0.717, 1.165) is 18.6 Å². The Morgan fingerprint density at radius 1 is 1.38 bits per heavy atom. The zero-order valence-electron chi connectivity index (χ0n) is 8.50. The monoisotopic (exact) mass is 180 g/mol. The van der Waals surface area contributed by atoms with Crippen LogP contribution in [0.25, 0.3) is 0 Å². The topological polar surface area (TPSA) is 15.3 Å². The third-order valence-corrected chi connectivity index (χ3v) is 3.34. The van der Waals surface area contributed by atoms with Gasteiger partial charge in [-0.2, -0.15) is 0 Å². The van der Waals surface area contributed by atoms with Crippen LogP contribution in [0.2, 0.25) is 0 Å². The van der Waals surface area contributed by atoms with Gasteiger partial charge in [-0.15, -0.1) is 0 Å². The normalized spacial score (nSPS) is 34.5.